The Hall–Kier alpha value is -3.50. The maximum atomic E-state index is 12.9. The highest BCUT2D eigenvalue weighted by molar-refractivity contribution is 7.92. The van der Waals surface area contributed by atoms with E-state index in [4.69, 9.17) is 11.6 Å². The lowest BCUT2D eigenvalue weighted by Crippen LogP contribution is -2.40. The highest BCUT2D eigenvalue weighted by Gasteiger charge is 2.35. The van der Waals surface area contributed by atoms with E-state index in [1.54, 1.807) is 0 Å². The number of halogens is 1. The van der Waals surface area contributed by atoms with Crippen LogP contribution >= 0.6 is 22.9 Å². The molecule has 0 spiro atoms. The SMILES string of the molecule is CC1=NS(=O)(=O)c2cc3c(cc2N1)CC(=O)N(c1ccc(NC(=O)NS(=O)(=O)c2ccc(Cl)s2)cc1)C3O. The smallest absolute Gasteiger partial charge is 0.333 e. The lowest BCUT2D eigenvalue weighted by atomic mass is 9.96. The van der Waals surface area contributed by atoms with Crippen molar-refractivity contribution in [2.24, 2.45) is 4.40 Å². The Labute approximate surface area is 226 Å². The Morgan fingerprint density at radius 1 is 1.21 bits per heavy atom. The van der Waals surface area contributed by atoms with Crippen LogP contribution in [0.4, 0.5) is 21.9 Å². The van der Waals surface area contributed by atoms with E-state index in [0.29, 0.717) is 5.56 Å². The van der Waals surface area contributed by atoms with E-state index in [1.807, 2.05) is 4.72 Å². The molecule has 0 radical (unpaired) electrons. The van der Waals surface area contributed by atoms with E-state index in [1.165, 1.54) is 55.5 Å². The minimum Gasteiger partial charge on any atom is -0.369 e. The molecule has 3 amide bonds. The van der Waals surface area contributed by atoms with Crippen LogP contribution in [0.1, 0.15) is 24.3 Å². The standard InChI is InChI=1S/C22H18ClN5O7S3/c1-11-24-16-8-12-9-19(29)28(21(30)15(12)10-17(16)37(32,33)26-11)14-4-2-13(3-5-14)25-22(31)27-38(34,35)20-7-6-18(23)36-20/h2-8,10,21,30H,9H2,1H3,(H,24,26)(H2,25,27,31). The summed E-state index contributed by atoms with van der Waals surface area (Å²) in [5.74, 6) is -0.245. The summed E-state index contributed by atoms with van der Waals surface area (Å²) in [6.45, 7) is 1.50. The molecule has 4 N–H and O–H groups in total. The number of thiophene rings is 1. The Morgan fingerprint density at radius 3 is 2.58 bits per heavy atom. The Kier molecular flexibility index (Phi) is 6.43. The van der Waals surface area contributed by atoms with Gasteiger partial charge < -0.3 is 15.7 Å². The van der Waals surface area contributed by atoms with Crippen molar-refractivity contribution in [2.75, 3.05) is 15.5 Å². The van der Waals surface area contributed by atoms with Crippen molar-refractivity contribution in [2.45, 2.75) is 28.7 Å². The summed E-state index contributed by atoms with van der Waals surface area (Å²) in [5.41, 5.74) is 1.47. The van der Waals surface area contributed by atoms with Gasteiger partial charge in [-0.25, -0.2) is 17.9 Å². The number of nitrogens with zero attached hydrogens (tertiary/aromatic N) is 2. The van der Waals surface area contributed by atoms with Crippen LogP contribution in [0, 0.1) is 0 Å². The van der Waals surface area contributed by atoms with E-state index in [-0.39, 0.29) is 48.3 Å². The third-order valence-corrected chi connectivity index (χ3v) is 10.1. The van der Waals surface area contributed by atoms with Crippen LogP contribution in [0.5, 0.6) is 0 Å². The van der Waals surface area contributed by atoms with Crippen LogP contribution in [0.2, 0.25) is 4.34 Å². The Morgan fingerprint density at radius 2 is 1.92 bits per heavy atom. The molecule has 3 aromatic rings. The second-order valence-corrected chi connectivity index (χ2v) is 13.5. The molecule has 3 heterocycles. The molecular formula is C22H18ClN5O7S3. The third kappa shape index (κ3) is 4.86. The van der Waals surface area contributed by atoms with Crippen LogP contribution in [0.25, 0.3) is 0 Å². The van der Waals surface area contributed by atoms with Crippen LogP contribution < -0.4 is 20.3 Å². The van der Waals surface area contributed by atoms with E-state index in [0.717, 1.165) is 16.2 Å². The van der Waals surface area contributed by atoms with Crippen LogP contribution in [0.15, 0.2) is 62.0 Å². The first kappa shape index (κ1) is 26.1. The number of carbonyl (C=O) groups excluding carboxylic acids is 2. The molecule has 1 atom stereocenters. The lowest BCUT2D eigenvalue weighted by molar-refractivity contribution is -0.120. The van der Waals surface area contributed by atoms with Gasteiger partial charge in [-0.15, -0.1) is 15.7 Å². The normalized spacial score (nSPS) is 18.1. The van der Waals surface area contributed by atoms with Gasteiger partial charge in [0.05, 0.1) is 16.4 Å². The lowest BCUT2D eigenvalue weighted by Gasteiger charge is -2.34. The Balaban J connectivity index is 1.35. The molecule has 0 bridgehead atoms. The molecular weight excluding hydrogens is 578 g/mol. The number of hydrogen-bond acceptors (Lipinski definition) is 9. The number of fused-ring (bicyclic) bond motifs is 2. The number of aliphatic hydroxyl groups excluding tert-OH is 1. The van der Waals surface area contributed by atoms with E-state index >= 15 is 0 Å². The topological polar surface area (TPSA) is 174 Å². The number of aliphatic hydroxyl groups is 1. The molecule has 2 aromatic carbocycles. The summed E-state index contributed by atoms with van der Waals surface area (Å²) in [6, 6.07) is 10.2. The fourth-order valence-corrected chi connectivity index (χ4v) is 7.64. The molecule has 5 rings (SSSR count). The van der Waals surface area contributed by atoms with Crippen molar-refractivity contribution in [3.05, 3.63) is 64.0 Å². The first-order chi connectivity index (χ1) is 17.8. The fraction of sp³-hybridized carbons (Fsp3) is 0.136. The van der Waals surface area contributed by atoms with Crippen molar-refractivity contribution in [1.82, 2.24) is 4.72 Å². The van der Waals surface area contributed by atoms with Crippen molar-refractivity contribution in [1.29, 1.82) is 0 Å². The molecule has 12 nitrogen and oxygen atoms in total. The monoisotopic (exact) mass is 595 g/mol. The number of sulfonamides is 2. The highest BCUT2D eigenvalue weighted by atomic mass is 35.5. The zero-order valence-corrected chi connectivity index (χ0v) is 22.5. The maximum absolute atomic E-state index is 12.9. The summed E-state index contributed by atoms with van der Waals surface area (Å²) in [5, 5.41) is 16.3. The summed E-state index contributed by atoms with van der Waals surface area (Å²) in [4.78, 5) is 26.1. The number of anilines is 3. The van der Waals surface area contributed by atoms with Gasteiger partial charge in [-0.1, -0.05) is 11.6 Å². The molecule has 16 heteroatoms. The number of nitrogens with one attached hydrogen (secondary N) is 3. The van der Waals surface area contributed by atoms with Gasteiger partial charge in [0.15, 0.2) is 6.23 Å². The van der Waals surface area contributed by atoms with Gasteiger partial charge in [0.25, 0.3) is 20.0 Å². The molecule has 2 aliphatic rings. The predicted molar refractivity (Wildman–Crippen MR) is 142 cm³/mol. The minimum absolute atomic E-state index is 0.0927. The molecule has 38 heavy (non-hydrogen) atoms. The van der Waals surface area contributed by atoms with Crippen molar-refractivity contribution in [3.63, 3.8) is 0 Å². The number of amides is 3. The van der Waals surface area contributed by atoms with E-state index in [9.17, 15) is 31.5 Å². The van der Waals surface area contributed by atoms with Crippen molar-refractivity contribution in [3.8, 4) is 0 Å². The average molecular weight is 596 g/mol. The third-order valence-electron chi connectivity index (χ3n) is 5.67. The van der Waals surface area contributed by atoms with Crippen LogP contribution in [-0.4, -0.2) is 39.7 Å². The number of urea groups is 1. The molecule has 1 aromatic heterocycles. The van der Waals surface area contributed by atoms with Gasteiger partial charge in [0.1, 0.15) is 14.9 Å². The quantitative estimate of drug-likeness (QED) is 0.356. The highest BCUT2D eigenvalue weighted by Crippen LogP contribution is 2.38. The largest absolute Gasteiger partial charge is 0.369 e. The fourth-order valence-electron chi connectivity index (χ4n) is 4.08. The minimum atomic E-state index is -4.11. The van der Waals surface area contributed by atoms with E-state index in [2.05, 4.69) is 15.0 Å². The summed E-state index contributed by atoms with van der Waals surface area (Å²) in [7, 11) is -8.09. The Bertz CT molecular complexity index is 1730. The molecule has 0 fully saturated rings. The number of amidine groups is 1. The maximum Gasteiger partial charge on any atom is 0.333 e. The molecule has 1 unspecified atom stereocenters. The average Bonchev–Trinajstić information content (AvgIpc) is 3.26. The number of benzene rings is 2. The first-order valence-electron chi connectivity index (χ1n) is 10.8. The zero-order valence-electron chi connectivity index (χ0n) is 19.3. The van der Waals surface area contributed by atoms with Gasteiger partial charge in [-0.3, -0.25) is 9.69 Å². The number of hydrogen-bond donors (Lipinski definition) is 4. The first-order valence-corrected chi connectivity index (χ1v) is 14.9. The summed E-state index contributed by atoms with van der Waals surface area (Å²) in [6.07, 6.45) is -1.58. The summed E-state index contributed by atoms with van der Waals surface area (Å²) >= 11 is 6.55. The second kappa shape index (κ2) is 9.36. The number of carbonyl (C=O) groups is 2. The van der Waals surface area contributed by atoms with Gasteiger partial charge in [-0.05, 0) is 61.0 Å². The van der Waals surface area contributed by atoms with Crippen molar-refractivity contribution < 1.29 is 31.5 Å². The summed E-state index contributed by atoms with van der Waals surface area (Å²) < 4.78 is 55.2. The van der Waals surface area contributed by atoms with Crippen LogP contribution in [-0.2, 0) is 31.3 Å². The van der Waals surface area contributed by atoms with Gasteiger partial charge >= 0.3 is 6.03 Å². The molecule has 0 saturated heterocycles. The van der Waals surface area contributed by atoms with Crippen molar-refractivity contribution >= 4 is 77.8 Å². The number of rotatable bonds is 4. The van der Waals surface area contributed by atoms with Gasteiger partial charge in [-0.2, -0.15) is 8.42 Å². The van der Waals surface area contributed by atoms with Gasteiger partial charge in [0.2, 0.25) is 5.91 Å². The molecule has 2 aliphatic heterocycles. The predicted octanol–water partition coefficient (Wildman–Crippen LogP) is 3.02. The van der Waals surface area contributed by atoms with Crippen LogP contribution in [0.3, 0.4) is 0 Å². The zero-order chi connectivity index (χ0) is 27.4. The van der Waals surface area contributed by atoms with E-state index < -0.39 is 38.2 Å². The second-order valence-electron chi connectivity index (χ2n) is 8.30. The molecule has 198 valence electrons. The molecule has 0 saturated carbocycles. The molecule has 0 aliphatic carbocycles. The van der Waals surface area contributed by atoms with Gasteiger partial charge in [0, 0.05) is 16.9 Å².